The molecule has 1 aliphatic rings. The molecule has 5 aromatic carbocycles. The molecule has 0 bridgehead atoms. The molecule has 1 aromatic heterocycles. The van der Waals surface area contributed by atoms with E-state index in [4.69, 9.17) is 28.8 Å². The van der Waals surface area contributed by atoms with E-state index in [2.05, 4.69) is 93.6 Å². The first-order chi connectivity index (χ1) is 27.1. The molecule has 5 atom stereocenters. The van der Waals surface area contributed by atoms with Gasteiger partial charge in [-0.3, -0.25) is 0 Å². The molecule has 0 spiro atoms. The third-order valence-corrected chi connectivity index (χ3v) is 10.4. The highest BCUT2D eigenvalue weighted by Gasteiger charge is 2.50. The molecule has 0 aliphatic carbocycles. The van der Waals surface area contributed by atoms with Crippen molar-refractivity contribution in [3.63, 3.8) is 0 Å². The molecular weight excluding hydrogens is 685 g/mol. The summed E-state index contributed by atoms with van der Waals surface area (Å²) in [5.74, 6) is 0. The van der Waals surface area contributed by atoms with Crippen LogP contribution >= 0.6 is 0 Å². The molecular formula is C48H52N2O5. The summed E-state index contributed by atoms with van der Waals surface area (Å²) in [6, 6.07) is 49.8. The summed E-state index contributed by atoms with van der Waals surface area (Å²) >= 11 is 0. The molecule has 284 valence electrons. The predicted octanol–water partition coefficient (Wildman–Crippen LogP) is 9.52. The molecule has 1 saturated heterocycles. The third-order valence-electron chi connectivity index (χ3n) is 10.4. The van der Waals surface area contributed by atoms with E-state index in [9.17, 15) is 0 Å². The first-order valence-corrected chi connectivity index (χ1v) is 19.4. The maximum atomic E-state index is 7.17. The molecule has 1 aliphatic heterocycles. The number of aromatic nitrogens is 2. The van der Waals surface area contributed by atoms with Crippen LogP contribution in [0.4, 0.5) is 0 Å². The Hall–Kier alpha value is -4.89. The molecule has 2 heterocycles. The second kappa shape index (κ2) is 19.1. The van der Waals surface area contributed by atoms with Gasteiger partial charge in [0.25, 0.3) is 0 Å². The fourth-order valence-corrected chi connectivity index (χ4v) is 7.26. The summed E-state index contributed by atoms with van der Waals surface area (Å²) in [4.78, 5) is 0. The van der Waals surface area contributed by atoms with E-state index < -0.39 is 30.6 Å². The molecule has 1 fully saturated rings. The van der Waals surface area contributed by atoms with Crippen molar-refractivity contribution >= 4 is 0 Å². The summed E-state index contributed by atoms with van der Waals surface area (Å²) in [6.45, 7) is 8.26. The van der Waals surface area contributed by atoms with Gasteiger partial charge in [-0.15, -0.1) is 0 Å². The average Bonchev–Trinajstić information content (AvgIpc) is 3.51. The van der Waals surface area contributed by atoms with E-state index in [0.29, 0.717) is 26.4 Å². The Labute approximate surface area is 325 Å². The highest BCUT2D eigenvalue weighted by molar-refractivity contribution is 5.34. The predicted molar refractivity (Wildman–Crippen MR) is 215 cm³/mol. The lowest BCUT2D eigenvalue weighted by molar-refractivity contribution is -0.292. The van der Waals surface area contributed by atoms with Crippen molar-refractivity contribution in [1.82, 2.24) is 9.78 Å². The summed E-state index contributed by atoms with van der Waals surface area (Å²) in [5, 5.41) is 5.18. The van der Waals surface area contributed by atoms with Crippen LogP contribution in [0, 0.1) is 13.8 Å². The van der Waals surface area contributed by atoms with Crippen LogP contribution in [0.1, 0.15) is 63.5 Å². The maximum absolute atomic E-state index is 7.17. The number of hydrogen-bond acceptors (Lipinski definition) is 6. The lowest BCUT2D eigenvalue weighted by Gasteiger charge is -2.46. The Morgan fingerprint density at radius 2 is 0.982 bits per heavy atom. The van der Waals surface area contributed by atoms with Gasteiger partial charge in [0.05, 0.1) is 38.7 Å². The molecule has 6 aromatic rings. The Bertz CT molecular complexity index is 2020. The second-order valence-corrected chi connectivity index (χ2v) is 14.3. The van der Waals surface area contributed by atoms with E-state index in [-0.39, 0.29) is 6.61 Å². The van der Waals surface area contributed by atoms with Gasteiger partial charge in [0.15, 0.2) is 6.23 Å². The summed E-state index contributed by atoms with van der Waals surface area (Å²) < 4.78 is 36.4. The summed E-state index contributed by atoms with van der Waals surface area (Å²) in [5.41, 5.74) is 10.0. The molecule has 0 saturated carbocycles. The van der Waals surface area contributed by atoms with Gasteiger partial charge in [0, 0.05) is 17.7 Å². The highest BCUT2D eigenvalue weighted by Crippen LogP contribution is 2.37. The minimum Gasteiger partial charge on any atom is -0.374 e. The normalized spacial score (nSPS) is 19.7. The van der Waals surface area contributed by atoms with Gasteiger partial charge in [0.1, 0.15) is 24.4 Å². The molecule has 7 nitrogen and oxygen atoms in total. The van der Waals surface area contributed by atoms with E-state index in [1.165, 1.54) is 16.7 Å². The zero-order chi connectivity index (χ0) is 37.8. The standard InChI is InChI=1S/C48H52N2O5/c1-4-37-25-27-38(28-26-37)29-43-35(2)49-50(36(43)3)48-47(54-33-42-23-15-8-16-24-42)46(53-32-41-21-13-7-14-22-41)45(52-31-40-19-11-6-12-20-40)44(55-48)34-51-30-39-17-9-5-10-18-39/h5-28,44-48H,4,29-34H2,1-3H3/t44-,45-,46+,47-,48-/m1/s1. The highest BCUT2D eigenvalue weighted by atomic mass is 16.6. The molecule has 0 unspecified atom stereocenters. The van der Waals surface area contributed by atoms with Crippen molar-refractivity contribution in [2.24, 2.45) is 0 Å². The van der Waals surface area contributed by atoms with Crippen molar-refractivity contribution in [2.75, 3.05) is 6.61 Å². The fourth-order valence-electron chi connectivity index (χ4n) is 7.26. The SMILES string of the molecule is CCc1ccc(Cc2c(C)nn([C@@H]3O[C@H](COCc4ccccc4)[C@@H](OCc4ccccc4)[C@H](OCc4ccccc4)[C@H]3OCc3ccccc3)c2C)cc1. The Kier molecular flexibility index (Phi) is 13.3. The summed E-state index contributed by atoms with van der Waals surface area (Å²) in [7, 11) is 0. The zero-order valence-electron chi connectivity index (χ0n) is 32.1. The number of ether oxygens (including phenoxy) is 5. The number of benzene rings is 5. The number of aryl methyl sites for hydroxylation is 2. The fraction of sp³-hybridized carbons (Fsp3) is 0.312. The van der Waals surface area contributed by atoms with Crippen molar-refractivity contribution in [3.05, 3.63) is 196 Å². The van der Waals surface area contributed by atoms with Crippen molar-refractivity contribution in [1.29, 1.82) is 0 Å². The molecule has 55 heavy (non-hydrogen) atoms. The third kappa shape index (κ3) is 10.1. The van der Waals surface area contributed by atoms with Gasteiger partial charge < -0.3 is 23.7 Å². The molecule has 0 amide bonds. The second-order valence-electron chi connectivity index (χ2n) is 14.3. The molecule has 7 heteroatoms. The van der Waals surface area contributed by atoms with Crippen LogP contribution in [0.15, 0.2) is 146 Å². The van der Waals surface area contributed by atoms with Gasteiger partial charge in [-0.1, -0.05) is 153 Å². The van der Waals surface area contributed by atoms with Gasteiger partial charge in [-0.25, -0.2) is 4.68 Å². The van der Waals surface area contributed by atoms with Gasteiger partial charge in [0.2, 0.25) is 0 Å². The number of nitrogens with zero attached hydrogens (tertiary/aromatic N) is 2. The van der Waals surface area contributed by atoms with Crippen molar-refractivity contribution < 1.29 is 23.7 Å². The quantitative estimate of drug-likeness (QED) is 0.0930. The largest absolute Gasteiger partial charge is 0.374 e. The minimum atomic E-state index is -0.624. The van der Waals surface area contributed by atoms with Crippen LogP contribution in [-0.2, 0) is 63.0 Å². The number of rotatable bonds is 17. The van der Waals surface area contributed by atoms with Crippen molar-refractivity contribution in [3.8, 4) is 0 Å². The van der Waals surface area contributed by atoms with E-state index >= 15 is 0 Å². The van der Waals surface area contributed by atoms with Gasteiger partial charge in [-0.2, -0.15) is 5.10 Å². The Morgan fingerprint density at radius 1 is 0.527 bits per heavy atom. The molecule has 7 rings (SSSR count). The lowest BCUT2D eigenvalue weighted by atomic mass is 9.96. The Balaban J connectivity index is 1.26. The lowest BCUT2D eigenvalue weighted by Crippen LogP contribution is -2.59. The van der Waals surface area contributed by atoms with Crippen LogP contribution in [-0.4, -0.2) is 40.8 Å². The maximum Gasteiger partial charge on any atom is 0.179 e. The Morgan fingerprint density at radius 3 is 1.49 bits per heavy atom. The van der Waals surface area contributed by atoms with Crippen molar-refractivity contribution in [2.45, 2.75) is 90.7 Å². The molecule has 0 N–H and O–H groups in total. The number of hydrogen-bond donors (Lipinski definition) is 0. The molecule has 0 radical (unpaired) electrons. The zero-order valence-corrected chi connectivity index (χ0v) is 32.1. The van der Waals surface area contributed by atoms with E-state index in [0.717, 1.165) is 46.5 Å². The van der Waals surface area contributed by atoms with Crippen LogP contribution < -0.4 is 0 Å². The van der Waals surface area contributed by atoms with Gasteiger partial charge in [-0.05, 0) is 53.6 Å². The topological polar surface area (TPSA) is 64.0 Å². The van der Waals surface area contributed by atoms with E-state index in [1.807, 2.05) is 77.5 Å². The van der Waals surface area contributed by atoms with Crippen LogP contribution in [0.3, 0.4) is 0 Å². The van der Waals surface area contributed by atoms with Gasteiger partial charge >= 0.3 is 0 Å². The monoisotopic (exact) mass is 736 g/mol. The van der Waals surface area contributed by atoms with Crippen LogP contribution in [0.25, 0.3) is 0 Å². The minimum absolute atomic E-state index is 0.289. The first kappa shape index (κ1) is 38.4. The smallest absolute Gasteiger partial charge is 0.179 e. The van der Waals surface area contributed by atoms with Crippen LogP contribution in [0.2, 0.25) is 0 Å². The summed E-state index contributed by atoms with van der Waals surface area (Å²) in [6.07, 6.45) is -0.977. The van der Waals surface area contributed by atoms with E-state index in [1.54, 1.807) is 0 Å². The average molecular weight is 737 g/mol. The first-order valence-electron chi connectivity index (χ1n) is 19.4. The van der Waals surface area contributed by atoms with Crippen LogP contribution in [0.5, 0.6) is 0 Å².